The Balaban J connectivity index is 1.84. The van der Waals surface area contributed by atoms with E-state index in [-0.39, 0.29) is 12.2 Å². The normalized spacial score (nSPS) is 11.9. The van der Waals surface area contributed by atoms with Gasteiger partial charge in [0.05, 0.1) is 22.3 Å². The summed E-state index contributed by atoms with van der Waals surface area (Å²) in [6.45, 7) is 0. The van der Waals surface area contributed by atoms with E-state index >= 15 is 0 Å². The third-order valence-corrected chi connectivity index (χ3v) is 5.86. The monoisotopic (exact) mass is 471 g/mol. The molecule has 29 heavy (non-hydrogen) atoms. The van der Waals surface area contributed by atoms with Crippen LogP contribution in [0.5, 0.6) is 0 Å². The summed E-state index contributed by atoms with van der Waals surface area (Å²) in [7, 11) is 1.77. The van der Waals surface area contributed by atoms with E-state index in [2.05, 4.69) is 26.0 Å². The van der Waals surface area contributed by atoms with Crippen LogP contribution < -0.4 is 0 Å². The second-order valence-corrected chi connectivity index (χ2v) is 8.43. The van der Waals surface area contributed by atoms with E-state index in [9.17, 15) is 14.3 Å². The molecule has 1 N–H and O–H groups in total. The minimum Gasteiger partial charge on any atom is -0.481 e. The van der Waals surface area contributed by atoms with E-state index in [1.54, 1.807) is 36.1 Å². The third-order valence-electron chi connectivity index (χ3n) is 4.25. The predicted molar refractivity (Wildman–Crippen MR) is 116 cm³/mol. The quantitative estimate of drug-likeness (QED) is 0.410. The average molecular weight is 472 g/mol. The predicted octanol–water partition coefficient (Wildman–Crippen LogP) is 5.61. The smallest absolute Gasteiger partial charge is 0.307 e. The van der Waals surface area contributed by atoms with E-state index in [4.69, 9.17) is 0 Å². The van der Waals surface area contributed by atoms with Gasteiger partial charge in [0, 0.05) is 28.8 Å². The van der Waals surface area contributed by atoms with Gasteiger partial charge in [0.25, 0.3) is 0 Å². The Hall–Kier alpha value is -2.84. The van der Waals surface area contributed by atoms with Crippen LogP contribution >= 0.6 is 27.3 Å². The molecule has 4 rings (SSSR count). The molecule has 5 nitrogen and oxygen atoms in total. The van der Waals surface area contributed by atoms with Gasteiger partial charge in [0.15, 0.2) is 0 Å². The zero-order valence-electron chi connectivity index (χ0n) is 15.3. The van der Waals surface area contributed by atoms with Crippen molar-refractivity contribution in [1.82, 2.24) is 14.8 Å². The van der Waals surface area contributed by atoms with Crippen LogP contribution in [0.1, 0.15) is 17.0 Å². The van der Waals surface area contributed by atoms with Crippen LogP contribution in [0.25, 0.3) is 33.1 Å². The van der Waals surface area contributed by atoms with E-state index in [1.165, 1.54) is 23.5 Å². The molecule has 0 radical (unpaired) electrons. The van der Waals surface area contributed by atoms with E-state index in [1.807, 2.05) is 18.2 Å². The molecule has 2 aromatic carbocycles. The van der Waals surface area contributed by atoms with Gasteiger partial charge in [-0.15, -0.1) is 11.3 Å². The summed E-state index contributed by atoms with van der Waals surface area (Å²) in [5.41, 5.74) is 3.28. The zero-order chi connectivity index (χ0) is 20.5. The van der Waals surface area contributed by atoms with Crippen LogP contribution in [0, 0.1) is 5.82 Å². The lowest BCUT2D eigenvalue weighted by atomic mass is 10.0. The zero-order valence-corrected chi connectivity index (χ0v) is 17.7. The number of thiazole rings is 1. The molecule has 2 heterocycles. The van der Waals surface area contributed by atoms with Gasteiger partial charge in [-0.3, -0.25) is 9.48 Å². The van der Waals surface area contributed by atoms with Crippen molar-refractivity contribution in [3.05, 3.63) is 69.5 Å². The standard InChI is InChI=1S/C21H15BrFN3O2S/c1-26-11-14(20(25-26)12-3-2-4-16(23)8-12)7-13(9-19(27)28)21-24-17-10-15(22)5-6-18(17)29-21/h2-8,10-11H,9H2,1H3,(H,27,28)/b13-7+. The number of aromatic nitrogens is 3. The number of halogens is 2. The Labute approximate surface area is 178 Å². The summed E-state index contributed by atoms with van der Waals surface area (Å²) >= 11 is 4.87. The average Bonchev–Trinajstić information content (AvgIpc) is 3.23. The lowest BCUT2D eigenvalue weighted by Gasteiger charge is -2.03. The van der Waals surface area contributed by atoms with Gasteiger partial charge in [-0.1, -0.05) is 28.1 Å². The highest BCUT2D eigenvalue weighted by atomic mass is 79.9. The van der Waals surface area contributed by atoms with Crippen molar-refractivity contribution in [1.29, 1.82) is 0 Å². The molecule has 0 spiro atoms. The number of aryl methyl sites for hydroxylation is 1. The first-order valence-electron chi connectivity index (χ1n) is 8.67. The number of benzene rings is 2. The Morgan fingerprint density at radius 3 is 2.90 bits per heavy atom. The molecule has 0 fully saturated rings. The number of nitrogens with zero attached hydrogens (tertiary/aromatic N) is 3. The highest BCUT2D eigenvalue weighted by Gasteiger charge is 2.16. The van der Waals surface area contributed by atoms with Gasteiger partial charge in [-0.25, -0.2) is 9.37 Å². The number of carbonyl (C=O) groups is 1. The summed E-state index contributed by atoms with van der Waals surface area (Å²) < 4.78 is 17.2. The van der Waals surface area contributed by atoms with E-state index < -0.39 is 5.97 Å². The van der Waals surface area contributed by atoms with Crippen LogP contribution in [0.4, 0.5) is 4.39 Å². The lowest BCUT2D eigenvalue weighted by molar-refractivity contribution is -0.135. The van der Waals surface area contributed by atoms with Crippen LogP contribution in [-0.4, -0.2) is 25.8 Å². The SMILES string of the molecule is Cn1cc(/C=C(\CC(=O)O)c2nc3cc(Br)ccc3s2)c(-c2cccc(F)c2)n1. The maximum atomic E-state index is 13.7. The molecule has 0 saturated carbocycles. The first-order chi connectivity index (χ1) is 13.9. The number of hydrogen-bond acceptors (Lipinski definition) is 4. The molecule has 0 amide bonds. The van der Waals surface area contributed by atoms with Gasteiger partial charge < -0.3 is 5.11 Å². The number of carboxylic acids is 1. The highest BCUT2D eigenvalue weighted by molar-refractivity contribution is 9.10. The minimum absolute atomic E-state index is 0.182. The Bertz CT molecular complexity index is 1260. The fourth-order valence-corrected chi connectivity index (χ4v) is 4.36. The minimum atomic E-state index is -0.951. The van der Waals surface area contributed by atoms with Crippen molar-refractivity contribution in [2.24, 2.45) is 7.05 Å². The molecule has 146 valence electrons. The molecule has 0 aliphatic rings. The molecule has 4 aromatic rings. The van der Waals surface area contributed by atoms with Crippen LogP contribution in [-0.2, 0) is 11.8 Å². The van der Waals surface area contributed by atoms with Crippen molar-refractivity contribution >= 4 is 55.1 Å². The van der Waals surface area contributed by atoms with Crippen molar-refractivity contribution < 1.29 is 14.3 Å². The fourth-order valence-electron chi connectivity index (χ4n) is 3.05. The number of rotatable bonds is 5. The molecule has 2 aromatic heterocycles. The van der Waals surface area contributed by atoms with Gasteiger partial charge in [-0.05, 0) is 42.0 Å². The van der Waals surface area contributed by atoms with Crippen LogP contribution in [0.2, 0.25) is 0 Å². The second-order valence-electron chi connectivity index (χ2n) is 6.49. The van der Waals surface area contributed by atoms with Gasteiger partial charge >= 0.3 is 5.97 Å². The second kappa shape index (κ2) is 7.88. The van der Waals surface area contributed by atoms with Crippen molar-refractivity contribution in [2.75, 3.05) is 0 Å². The van der Waals surface area contributed by atoms with Gasteiger partial charge in [0.1, 0.15) is 10.8 Å². The maximum absolute atomic E-state index is 13.7. The van der Waals surface area contributed by atoms with Gasteiger partial charge in [0.2, 0.25) is 0 Å². The molecular formula is C21H15BrFN3O2S. The lowest BCUT2D eigenvalue weighted by Crippen LogP contribution is -1.97. The first kappa shape index (κ1) is 19.5. The van der Waals surface area contributed by atoms with Gasteiger partial charge in [-0.2, -0.15) is 5.10 Å². The molecular weight excluding hydrogens is 457 g/mol. The molecule has 0 aliphatic carbocycles. The molecule has 0 bridgehead atoms. The molecule has 0 aliphatic heterocycles. The molecule has 0 unspecified atom stereocenters. The summed E-state index contributed by atoms with van der Waals surface area (Å²) in [6.07, 6.45) is 3.37. The van der Waals surface area contributed by atoms with E-state index in [0.29, 0.717) is 27.4 Å². The molecule has 8 heteroatoms. The summed E-state index contributed by atoms with van der Waals surface area (Å²) in [4.78, 5) is 16.1. The highest BCUT2D eigenvalue weighted by Crippen LogP contribution is 2.33. The number of aliphatic carboxylic acids is 1. The molecule has 0 atom stereocenters. The fraction of sp³-hybridized carbons (Fsp3) is 0.0952. The van der Waals surface area contributed by atoms with E-state index in [0.717, 1.165) is 14.7 Å². The van der Waals surface area contributed by atoms with Crippen LogP contribution in [0.15, 0.2) is 53.1 Å². The van der Waals surface area contributed by atoms with Crippen molar-refractivity contribution in [2.45, 2.75) is 6.42 Å². The number of carboxylic acid groups (broad SMARTS) is 1. The summed E-state index contributed by atoms with van der Waals surface area (Å²) in [6, 6.07) is 11.9. The van der Waals surface area contributed by atoms with Crippen molar-refractivity contribution in [3.63, 3.8) is 0 Å². The Morgan fingerprint density at radius 2 is 2.14 bits per heavy atom. The molecule has 0 saturated heterocycles. The van der Waals surface area contributed by atoms with Crippen LogP contribution in [0.3, 0.4) is 0 Å². The summed E-state index contributed by atoms with van der Waals surface area (Å²) in [5, 5.41) is 14.5. The topological polar surface area (TPSA) is 68.0 Å². The first-order valence-corrected chi connectivity index (χ1v) is 10.3. The number of fused-ring (bicyclic) bond motifs is 1. The third kappa shape index (κ3) is 4.28. The Kier molecular flexibility index (Phi) is 5.29. The maximum Gasteiger partial charge on any atom is 0.307 e. The Morgan fingerprint density at radius 1 is 1.31 bits per heavy atom. The van der Waals surface area contributed by atoms with Crippen molar-refractivity contribution in [3.8, 4) is 11.3 Å². The number of hydrogen-bond donors (Lipinski definition) is 1. The summed E-state index contributed by atoms with van der Waals surface area (Å²) in [5.74, 6) is -1.31. The largest absolute Gasteiger partial charge is 0.481 e.